The van der Waals surface area contributed by atoms with Crippen molar-refractivity contribution in [3.05, 3.63) is 35.4 Å². The summed E-state index contributed by atoms with van der Waals surface area (Å²) < 4.78 is 0. The summed E-state index contributed by atoms with van der Waals surface area (Å²) in [6, 6.07) is 9.78. The highest BCUT2D eigenvalue weighted by molar-refractivity contribution is 5.30. The van der Waals surface area contributed by atoms with E-state index in [4.69, 9.17) is 0 Å². The first-order valence-corrected chi connectivity index (χ1v) is 13.8. The molecular formula is C30H50. The molecule has 3 rings (SSSR count). The normalized spacial score (nSPS) is 20.9. The average molecular weight is 411 g/mol. The van der Waals surface area contributed by atoms with Crippen molar-refractivity contribution in [3.63, 3.8) is 0 Å². The maximum Gasteiger partial charge on any atom is -0.00470 e. The maximum atomic E-state index is 2.49. The molecule has 0 radical (unpaired) electrons. The number of hydrogen-bond donors (Lipinski definition) is 0. The SMILES string of the molecule is CCCCCCC1(CCCCC2(c3ccc(CC)cc3)CCCCC2)CCCCC1. The van der Waals surface area contributed by atoms with Crippen LogP contribution in [0.2, 0.25) is 0 Å². The molecule has 0 N–H and O–H groups in total. The Bertz CT molecular complexity index is 569. The van der Waals surface area contributed by atoms with Crippen molar-refractivity contribution < 1.29 is 0 Å². The van der Waals surface area contributed by atoms with Gasteiger partial charge in [-0.3, -0.25) is 0 Å². The lowest BCUT2D eigenvalue weighted by atomic mass is 9.65. The van der Waals surface area contributed by atoms with Crippen molar-refractivity contribution in [2.24, 2.45) is 5.41 Å². The largest absolute Gasteiger partial charge is 0.0654 e. The van der Waals surface area contributed by atoms with Crippen molar-refractivity contribution in [1.29, 1.82) is 0 Å². The van der Waals surface area contributed by atoms with E-state index in [-0.39, 0.29) is 0 Å². The predicted octanol–water partition coefficient (Wildman–Crippen LogP) is 9.93. The topological polar surface area (TPSA) is 0 Å². The summed E-state index contributed by atoms with van der Waals surface area (Å²) >= 11 is 0. The van der Waals surface area contributed by atoms with Gasteiger partial charge in [-0.15, -0.1) is 0 Å². The predicted molar refractivity (Wildman–Crippen MR) is 133 cm³/mol. The summed E-state index contributed by atoms with van der Waals surface area (Å²) in [4.78, 5) is 0. The minimum absolute atomic E-state index is 0.491. The highest BCUT2D eigenvalue weighted by Crippen LogP contribution is 2.47. The zero-order valence-electron chi connectivity index (χ0n) is 20.5. The van der Waals surface area contributed by atoms with Crippen molar-refractivity contribution in [2.45, 2.75) is 148 Å². The van der Waals surface area contributed by atoms with E-state index in [1.54, 1.807) is 5.56 Å². The van der Waals surface area contributed by atoms with Gasteiger partial charge in [-0.05, 0) is 73.3 Å². The second-order valence-electron chi connectivity index (χ2n) is 11.0. The van der Waals surface area contributed by atoms with Crippen LogP contribution in [-0.4, -0.2) is 0 Å². The van der Waals surface area contributed by atoms with Gasteiger partial charge >= 0.3 is 0 Å². The molecule has 1 aromatic carbocycles. The van der Waals surface area contributed by atoms with E-state index in [9.17, 15) is 0 Å². The quantitative estimate of drug-likeness (QED) is 0.301. The van der Waals surface area contributed by atoms with Gasteiger partial charge in [-0.25, -0.2) is 0 Å². The third-order valence-corrected chi connectivity index (χ3v) is 8.87. The average Bonchev–Trinajstić information content (AvgIpc) is 2.81. The summed E-state index contributed by atoms with van der Waals surface area (Å²) in [5, 5.41) is 0. The number of hydrogen-bond acceptors (Lipinski definition) is 0. The van der Waals surface area contributed by atoms with Gasteiger partial charge in [0.1, 0.15) is 0 Å². The van der Waals surface area contributed by atoms with Crippen LogP contribution in [0.15, 0.2) is 24.3 Å². The van der Waals surface area contributed by atoms with E-state index < -0.39 is 0 Å². The Kier molecular flexibility index (Phi) is 9.79. The molecule has 0 aliphatic heterocycles. The number of unbranched alkanes of at least 4 members (excludes halogenated alkanes) is 4. The van der Waals surface area contributed by atoms with Gasteiger partial charge in [-0.2, -0.15) is 0 Å². The fourth-order valence-electron chi connectivity index (χ4n) is 6.82. The molecule has 2 fully saturated rings. The lowest BCUT2D eigenvalue weighted by molar-refractivity contribution is 0.144. The molecular weight excluding hydrogens is 360 g/mol. The lowest BCUT2D eigenvalue weighted by Gasteiger charge is -2.40. The van der Waals surface area contributed by atoms with Gasteiger partial charge in [0.05, 0.1) is 0 Å². The van der Waals surface area contributed by atoms with Crippen molar-refractivity contribution in [3.8, 4) is 0 Å². The fourth-order valence-corrected chi connectivity index (χ4v) is 6.82. The van der Waals surface area contributed by atoms with Crippen LogP contribution in [-0.2, 0) is 11.8 Å². The third kappa shape index (κ3) is 6.61. The van der Waals surface area contributed by atoms with E-state index in [0.29, 0.717) is 10.8 Å². The Balaban J connectivity index is 1.55. The second-order valence-corrected chi connectivity index (χ2v) is 11.0. The molecule has 0 saturated heterocycles. The minimum atomic E-state index is 0.491. The number of rotatable bonds is 12. The van der Waals surface area contributed by atoms with Crippen LogP contribution in [0.25, 0.3) is 0 Å². The van der Waals surface area contributed by atoms with Crippen LogP contribution in [0, 0.1) is 5.41 Å². The highest BCUT2D eigenvalue weighted by atomic mass is 14.4. The third-order valence-electron chi connectivity index (χ3n) is 8.87. The molecule has 2 aliphatic carbocycles. The Morgan fingerprint density at radius 3 is 1.77 bits per heavy atom. The van der Waals surface area contributed by atoms with E-state index >= 15 is 0 Å². The molecule has 0 heteroatoms. The Labute approximate surface area is 188 Å². The van der Waals surface area contributed by atoms with Crippen LogP contribution in [0.4, 0.5) is 0 Å². The van der Waals surface area contributed by atoms with E-state index in [1.165, 1.54) is 128 Å². The molecule has 0 spiro atoms. The van der Waals surface area contributed by atoms with Gasteiger partial charge in [0.25, 0.3) is 0 Å². The van der Waals surface area contributed by atoms with E-state index in [1.807, 2.05) is 0 Å². The van der Waals surface area contributed by atoms with Crippen LogP contribution in [0.3, 0.4) is 0 Å². The molecule has 0 bridgehead atoms. The first kappa shape index (κ1) is 23.9. The van der Waals surface area contributed by atoms with Gasteiger partial charge in [0.2, 0.25) is 0 Å². The molecule has 0 unspecified atom stereocenters. The Hall–Kier alpha value is -0.780. The monoisotopic (exact) mass is 410 g/mol. The standard InChI is InChI=1S/C30H50/c1-3-5-6-9-20-29(21-10-7-11-22-29)23-14-15-26-30(24-12-8-13-25-30)28-18-16-27(4-2)17-19-28/h16-19H,3-15,20-26H2,1-2H3. The molecule has 1 aromatic rings. The first-order valence-electron chi connectivity index (χ1n) is 13.8. The highest BCUT2D eigenvalue weighted by Gasteiger charge is 2.34. The molecule has 2 saturated carbocycles. The van der Waals surface area contributed by atoms with Crippen LogP contribution < -0.4 is 0 Å². The van der Waals surface area contributed by atoms with Crippen molar-refractivity contribution in [2.75, 3.05) is 0 Å². The molecule has 0 aromatic heterocycles. The summed E-state index contributed by atoms with van der Waals surface area (Å²) in [7, 11) is 0. The van der Waals surface area contributed by atoms with Crippen LogP contribution in [0.5, 0.6) is 0 Å². The summed E-state index contributed by atoms with van der Waals surface area (Å²) in [5.41, 5.74) is 4.36. The second kappa shape index (κ2) is 12.3. The summed E-state index contributed by atoms with van der Waals surface area (Å²) in [6.45, 7) is 4.61. The smallest absolute Gasteiger partial charge is 0.00470 e. The number of aryl methyl sites for hydroxylation is 1. The number of benzene rings is 1. The fraction of sp³-hybridized carbons (Fsp3) is 0.800. The zero-order chi connectivity index (χ0) is 21.1. The molecule has 0 amide bonds. The van der Waals surface area contributed by atoms with E-state index in [0.717, 1.165) is 6.42 Å². The van der Waals surface area contributed by atoms with Crippen LogP contribution in [0.1, 0.15) is 147 Å². The molecule has 0 nitrogen and oxygen atoms in total. The molecule has 0 heterocycles. The van der Waals surface area contributed by atoms with Crippen LogP contribution >= 0.6 is 0 Å². The van der Waals surface area contributed by atoms with Crippen molar-refractivity contribution in [1.82, 2.24) is 0 Å². The molecule has 30 heavy (non-hydrogen) atoms. The molecule has 170 valence electrons. The zero-order valence-corrected chi connectivity index (χ0v) is 20.5. The Morgan fingerprint density at radius 2 is 1.17 bits per heavy atom. The van der Waals surface area contributed by atoms with E-state index in [2.05, 4.69) is 38.1 Å². The van der Waals surface area contributed by atoms with Gasteiger partial charge < -0.3 is 0 Å². The summed E-state index contributed by atoms with van der Waals surface area (Å²) in [6.07, 6.45) is 29.1. The Morgan fingerprint density at radius 1 is 0.600 bits per heavy atom. The van der Waals surface area contributed by atoms with Crippen molar-refractivity contribution >= 4 is 0 Å². The minimum Gasteiger partial charge on any atom is -0.0654 e. The molecule has 0 atom stereocenters. The maximum absolute atomic E-state index is 2.49. The lowest BCUT2D eigenvalue weighted by Crippen LogP contribution is -2.29. The van der Waals surface area contributed by atoms with Gasteiger partial charge in [0, 0.05) is 0 Å². The summed E-state index contributed by atoms with van der Waals surface area (Å²) in [5.74, 6) is 0. The molecule has 2 aliphatic rings. The van der Waals surface area contributed by atoms with Gasteiger partial charge in [0.15, 0.2) is 0 Å². The first-order chi connectivity index (χ1) is 14.7. The van der Waals surface area contributed by atoms with Gasteiger partial charge in [-0.1, -0.05) is 115 Å².